The van der Waals surface area contributed by atoms with Gasteiger partial charge in [0.2, 0.25) is 5.88 Å². The molecule has 1 saturated heterocycles. The Morgan fingerprint density at radius 1 is 1.47 bits per heavy atom. The van der Waals surface area contributed by atoms with E-state index in [1.54, 1.807) is 6.33 Å². The molecule has 1 aromatic rings. The maximum atomic E-state index is 5.44. The third kappa shape index (κ3) is 3.35. The molecule has 0 amide bonds. The van der Waals surface area contributed by atoms with Gasteiger partial charge in [0, 0.05) is 31.7 Å². The number of aromatic nitrogens is 2. The van der Waals surface area contributed by atoms with Crippen molar-refractivity contribution in [1.29, 1.82) is 0 Å². The Bertz CT molecular complexity index is 412. The van der Waals surface area contributed by atoms with Crippen LogP contribution in [0.2, 0.25) is 0 Å². The molecule has 1 aliphatic heterocycles. The smallest absolute Gasteiger partial charge is 0.218 e. The second-order valence-electron chi connectivity index (χ2n) is 5.27. The molecule has 1 aliphatic rings. The molecule has 0 saturated carbocycles. The molecule has 2 atom stereocenters. The van der Waals surface area contributed by atoms with Crippen molar-refractivity contribution in [3.63, 3.8) is 0 Å². The molecule has 0 N–H and O–H groups in total. The summed E-state index contributed by atoms with van der Waals surface area (Å²) in [6.07, 6.45) is 3.92. The highest BCUT2D eigenvalue weighted by Crippen LogP contribution is 2.24. The van der Waals surface area contributed by atoms with Crippen LogP contribution in [0.1, 0.15) is 26.7 Å². The van der Waals surface area contributed by atoms with Gasteiger partial charge in [0.1, 0.15) is 12.1 Å². The number of rotatable bonds is 4. The summed E-state index contributed by atoms with van der Waals surface area (Å²) in [4.78, 5) is 13.1. The van der Waals surface area contributed by atoms with Gasteiger partial charge in [-0.3, -0.25) is 0 Å². The number of hydrogen-bond acceptors (Lipinski definition) is 5. The van der Waals surface area contributed by atoms with Gasteiger partial charge in [-0.2, -0.15) is 0 Å². The fourth-order valence-electron chi connectivity index (χ4n) is 2.55. The van der Waals surface area contributed by atoms with E-state index in [1.165, 1.54) is 12.8 Å². The van der Waals surface area contributed by atoms with E-state index < -0.39 is 0 Å². The molecule has 0 aliphatic carbocycles. The zero-order valence-electron chi connectivity index (χ0n) is 12.3. The normalized spacial score (nSPS) is 24.2. The van der Waals surface area contributed by atoms with Gasteiger partial charge < -0.3 is 14.5 Å². The Morgan fingerprint density at radius 3 is 2.95 bits per heavy atom. The zero-order chi connectivity index (χ0) is 13.8. The summed E-state index contributed by atoms with van der Waals surface area (Å²) in [6.45, 7) is 6.01. The van der Waals surface area contributed by atoms with Gasteiger partial charge in [0.25, 0.3) is 0 Å². The summed E-state index contributed by atoms with van der Waals surface area (Å²) < 4.78 is 5.44. The molecule has 0 radical (unpaired) electrons. The zero-order valence-corrected chi connectivity index (χ0v) is 12.3. The predicted octanol–water partition coefficient (Wildman–Crippen LogP) is 1.79. The molecule has 5 nitrogen and oxygen atoms in total. The highest BCUT2D eigenvalue weighted by Gasteiger charge is 2.26. The molecule has 5 heteroatoms. The van der Waals surface area contributed by atoms with Crippen molar-refractivity contribution in [2.24, 2.45) is 0 Å². The lowest BCUT2D eigenvalue weighted by Crippen LogP contribution is -2.46. The van der Waals surface area contributed by atoms with E-state index in [0.717, 1.165) is 12.4 Å². The summed E-state index contributed by atoms with van der Waals surface area (Å²) in [5, 5.41) is 0. The van der Waals surface area contributed by atoms with Crippen molar-refractivity contribution >= 4 is 5.82 Å². The van der Waals surface area contributed by atoms with E-state index in [4.69, 9.17) is 4.74 Å². The molecule has 2 rings (SSSR count). The fraction of sp³-hybridized carbons (Fsp3) is 0.714. The van der Waals surface area contributed by atoms with Crippen LogP contribution in [0.3, 0.4) is 0 Å². The third-order valence-corrected chi connectivity index (χ3v) is 4.01. The molecule has 0 aromatic carbocycles. The largest absolute Gasteiger partial charge is 0.478 e. The van der Waals surface area contributed by atoms with Crippen molar-refractivity contribution in [1.82, 2.24) is 14.9 Å². The van der Waals surface area contributed by atoms with Gasteiger partial charge in [0.15, 0.2) is 0 Å². The van der Waals surface area contributed by atoms with Crippen LogP contribution in [0.4, 0.5) is 5.82 Å². The first-order chi connectivity index (χ1) is 9.11. The van der Waals surface area contributed by atoms with E-state index >= 15 is 0 Å². The van der Waals surface area contributed by atoms with E-state index in [9.17, 15) is 0 Å². The molecule has 0 spiro atoms. The molecular weight excluding hydrogens is 240 g/mol. The van der Waals surface area contributed by atoms with Gasteiger partial charge in [-0.15, -0.1) is 0 Å². The molecule has 106 valence electrons. The number of hydrogen-bond donors (Lipinski definition) is 0. The van der Waals surface area contributed by atoms with Crippen molar-refractivity contribution in [3.05, 3.63) is 12.4 Å². The summed E-state index contributed by atoms with van der Waals surface area (Å²) >= 11 is 0. The van der Waals surface area contributed by atoms with E-state index in [0.29, 0.717) is 24.6 Å². The monoisotopic (exact) mass is 264 g/mol. The maximum Gasteiger partial charge on any atom is 0.218 e. The lowest BCUT2D eigenvalue weighted by Gasteiger charge is -2.39. The van der Waals surface area contributed by atoms with Crippen molar-refractivity contribution in [2.75, 3.05) is 32.1 Å². The average molecular weight is 264 g/mol. The van der Waals surface area contributed by atoms with Crippen LogP contribution in [0.15, 0.2) is 12.4 Å². The number of anilines is 1. The van der Waals surface area contributed by atoms with Crippen molar-refractivity contribution in [2.45, 2.75) is 38.8 Å². The number of piperidine rings is 1. The summed E-state index contributed by atoms with van der Waals surface area (Å²) in [5.74, 6) is 1.60. The Labute approximate surface area is 115 Å². The highest BCUT2D eigenvalue weighted by atomic mass is 16.5. The molecule has 19 heavy (non-hydrogen) atoms. The summed E-state index contributed by atoms with van der Waals surface area (Å²) in [6, 6.07) is 3.08. The van der Waals surface area contributed by atoms with Crippen LogP contribution in [-0.2, 0) is 0 Å². The Morgan fingerprint density at radius 2 is 2.26 bits per heavy atom. The number of ether oxygens (including phenoxy) is 1. The second-order valence-corrected chi connectivity index (χ2v) is 5.27. The quantitative estimate of drug-likeness (QED) is 0.829. The van der Waals surface area contributed by atoms with Gasteiger partial charge in [-0.25, -0.2) is 9.97 Å². The first kappa shape index (κ1) is 14.1. The first-order valence-corrected chi connectivity index (χ1v) is 6.99. The van der Waals surface area contributed by atoms with E-state index in [-0.39, 0.29) is 0 Å². The Balaban J connectivity index is 2.06. The number of likely N-dealkylation sites (tertiary alicyclic amines) is 1. The third-order valence-electron chi connectivity index (χ3n) is 4.01. The molecule has 1 fully saturated rings. The number of nitrogens with zero attached hydrogens (tertiary/aromatic N) is 4. The fourth-order valence-corrected chi connectivity index (χ4v) is 2.55. The summed E-state index contributed by atoms with van der Waals surface area (Å²) in [5.41, 5.74) is 0. The minimum absolute atomic E-state index is 0.538. The van der Waals surface area contributed by atoms with Crippen molar-refractivity contribution < 1.29 is 4.74 Å². The minimum Gasteiger partial charge on any atom is -0.478 e. The van der Waals surface area contributed by atoms with Crippen LogP contribution in [0, 0.1) is 0 Å². The Kier molecular flexibility index (Phi) is 4.58. The van der Waals surface area contributed by atoms with Gasteiger partial charge in [-0.1, -0.05) is 0 Å². The molecule has 2 unspecified atom stereocenters. The van der Waals surface area contributed by atoms with Crippen LogP contribution >= 0.6 is 0 Å². The van der Waals surface area contributed by atoms with Gasteiger partial charge in [-0.05, 0) is 33.7 Å². The molecule has 1 aromatic heterocycles. The van der Waals surface area contributed by atoms with E-state index in [2.05, 4.69) is 40.8 Å². The predicted molar refractivity (Wildman–Crippen MR) is 76.7 cm³/mol. The Hall–Kier alpha value is -1.36. The SMILES string of the molecule is CCOc1cc(N(C)C2CCN(C)C(C)C2)ncn1. The topological polar surface area (TPSA) is 41.5 Å². The standard InChI is InChI=1S/C14H24N4O/c1-5-19-14-9-13(15-10-16-14)18(4)12-6-7-17(3)11(2)8-12/h9-12H,5-8H2,1-4H3. The minimum atomic E-state index is 0.538. The second kappa shape index (κ2) is 6.19. The van der Waals surface area contributed by atoms with Crippen LogP contribution in [0.5, 0.6) is 5.88 Å². The lowest BCUT2D eigenvalue weighted by atomic mass is 9.98. The van der Waals surface area contributed by atoms with E-state index in [1.807, 2.05) is 13.0 Å². The highest BCUT2D eigenvalue weighted by molar-refractivity contribution is 5.41. The van der Waals surface area contributed by atoms with Crippen LogP contribution in [-0.4, -0.2) is 54.2 Å². The van der Waals surface area contributed by atoms with Crippen LogP contribution in [0.25, 0.3) is 0 Å². The van der Waals surface area contributed by atoms with Gasteiger partial charge in [0.05, 0.1) is 6.61 Å². The molecular formula is C14H24N4O. The molecule has 2 heterocycles. The first-order valence-electron chi connectivity index (χ1n) is 6.99. The summed E-state index contributed by atoms with van der Waals surface area (Å²) in [7, 11) is 4.31. The van der Waals surface area contributed by atoms with Crippen LogP contribution < -0.4 is 9.64 Å². The molecule has 0 bridgehead atoms. The maximum absolute atomic E-state index is 5.44. The van der Waals surface area contributed by atoms with Crippen molar-refractivity contribution in [3.8, 4) is 5.88 Å². The lowest BCUT2D eigenvalue weighted by molar-refractivity contribution is 0.181. The van der Waals surface area contributed by atoms with Gasteiger partial charge >= 0.3 is 0 Å². The average Bonchev–Trinajstić information content (AvgIpc) is 2.42.